The van der Waals surface area contributed by atoms with E-state index in [1.165, 1.54) is 12.8 Å². The highest BCUT2D eigenvalue weighted by atomic mass is 16.5. The molecule has 0 bridgehead atoms. The van der Waals surface area contributed by atoms with Crippen LogP contribution in [0.1, 0.15) is 46.5 Å². The van der Waals surface area contributed by atoms with Crippen LogP contribution in [0.3, 0.4) is 0 Å². The molecule has 1 N–H and O–H groups in total. The fraction of sp³-hybridized carbons (Fsp3) is 1.00. The molecular weight excluding hydrogens is 214 g/mol. The molecule has 0 amide bonds. The van der Waals surface area contributed by atoms with Crippen molar-refractivity contribution in [3.63, 3.8) is 0 Å². The van der Waals surface area contributed by atoms with Crippen molar-refractivity contribution < 1.29 is 9.47 Å². The van der Waals surface area contributed by atoms with E-state index >= 15 is 0 Å². The number of unbranched alkanes of at least 4 members (excludes halogenated alkanes) is 2. The molecule has 0 saturated heterocycles. The Morgan fingerprint density at radius 2 is 1.59 bits per heavy atom. The van der Waals surface area contributed by atoms with E-state index in [0.29, 0.717) is 0 Å². The monoisotopic (exact) mass is 245 g/mol. The van der Waals surface area contributed by atoms with Gasteiger partial charge in [-0.1, -0.05) is 20.8 Å². The molecule has 0 spiro atoms. The third-order valence-electron chi connectivity index (χ3n) is 2.42. The van der Waals surface area contributed by atoms with E-state index in [2.05, 4.69) is 26.1 Å². The summed E-state index contributed by atoms with van der Waals surface area (Å²) < 4.78 is 10.8. The third kappa shape index (κ3) is 15.9. The summed E-state index contributed by atoms with van der Waals surface area (Å²) in [5, 5.41) is 3.45. The molecule has 0 aromatic carbocycles. The first-order chi connectivity index (χ1) is 8.27. The Morgan fingerprint density at radius 1 is 0.882 bits per heavy atom. The molecule has 0 fully saturated rings. The molecule has 0 aromatic heterocycles. The Bertz CT molecular complexity index is 140. The van der Waals surface area contributed by atoms with Crippen LogP contribution in [0.2, 0.25) is 0 Å². The average Bonchev–Trinajstić information content (AvgIpc) is 2.30. The van der Waals surface area contributed by atoms with E-state index in [0.717, 1.165) is 58.3 Å². The second-order valence-corrected chi connectivity index (χ2v) is 4.88. The highest BCUT2D eigenvalue weighted by Crippen LogP contribution is 1.95. The highest BCUT2D eigenvalue weighted by molar-refractivity contribution is 4.51. The first kappa shape index (κ1) is 16.9. The van der Waals surface area contributed by atoms with Crippen molar-refractivity contribution in [1.82, 2.24) is 5.32 Å². The predicted molar refractivity (Wildman–Crippen MR) is 73.5 cm³/mol. The summed E-state index contributed by atoms with van der Waals surface area (Å²) >= 11 is 0. The van der Waals surface area contributed by atoms with Crippen LogP contribution >= 0.6 is 0 Å². The summed E-state index contributed by atoms with van der Waals surface area (Å²) in [5.41, 5.74) is 0. The van der Waals surface area contributed by atoms with Gasteiger partial charge in [-0.05, 0) is 44.7 Å². The second kappa shape index (κ2) is 13.9. The van der Waals surface area contributed by atoms with Crippen molar-refractivity contribution in [2.24, 2.45) is 5.92 Å². The van der Waals surface area contributed by atoms with Gasteiger partial charge in [0.05, 0.1) is 13.2 Å². The number of hydrogen-bond acceptors (Lipinski definition) is 3. The Morgan fingerprint density at radius 3 is 2.24 bits per heavy atom. The van der Waals surface area contributed by atoms with Crippen molar-refractivity contribution in [1.29, 1.82) is 0 Å². The molecule has 0 unspecified atom stereocenters. The maximum absolute atomic E-state index is 5.48. The second-order valence-electron chi connectivity index (χ2n) is 4.88. The lowest BCUT2D eigenvalue weighted by molar-refractivity contribution is 0.0466. The predicted octanol–water partition coefficient (Wildman–Crippen LogP) is 2.85. The standard InChI is InChI=1S/C14H31NO2/c1-4-9-16-11-12-17-10-7-5-6-8-15-13-14(2)3/h14-15H,4-13H2,1-3H3. The molecular formula is C14H31NO2. The Balaban J connectivity index is 2.89. The molecule has 0 rings (SSSR count). The van der Waals surface area contributed by atoms with Gasteiger partial charge in [0.25, 0.3) is 0 Å². The molecule has 0 aliphatic heterocycles. The minimum absolute atomic E-state index is 0.740. The molecule has 104 valence electrons. The van der Waals surface area contributed by atoms with E-state index in [1.807, 2.05) is 0 Å². The van der Waals surface area contributed by atoms with E-state index in [-0.39, 0.29) is 0 Å². The number of nitrogens with one attached hydrogen (secondary N) is 1. The first-order valence-electron chi connectivity index (χ1n) is 7.13. The largest absolute Gasteiger partial charge is 0.379 e. The molecule has 17 heavy (non-hydrogen) atoms. The van der Waals surface area contributed by atoms with Crippen LogP contribution in [0, 0.1) is 5.92 Å². The quantitative estimate of drug-likeness (QED) is 0.506. The number of rotatable bonds is 13. The van der Waals surface area contributed by atoms with Crippen LogP contribution in [0.4, 0.5) is 0 Å². The van der Waals surface area contributed by atoms with Gasteiger partial charge in [-0.25, -0.2) is 0 Å². The minimum atomic E-state index is 0.740. The Labute approximate surface area is 107 Å². The normalized spacial score (nSPS) is 11.3. The average molecular weight is 245 g/mol. The summed E-state index contributed by atoms with van der Waals surface area (Å²) in [6.07, 6.45) is 4.75. The molecule has 0 atom stereocenters. The zero-order valence-electron chi connectivity index (χ0n) is 12.0. The minimum Gasteiger partial charge on any atom is -0.379 e. The molecule has 0 heterocycles. The van der Waals surface area contributed by atoms with E-state index in [9.17, 15) is 0 Å². The third-order valence-corrected chi connectivity index (χ3v) is 2.42. The number of ether oxygens (including phenoxy) is 2. The van der Waals surface area contributed by atoms with Crippen LogP contribution in [0.5, 0.6) is 0 Å². The van der Waals surface area contributed by atoms with Gasteiger partial charge >= 0.3 is 0 Å². The zero-order valence-corrected chi connectivity index (χ0v) is 12.0. The van der Waals surface area contributed by atoms with Gasteiger partial charge in [0.1, 0.15) is 0 Å². The van der Waals surface area contributed by atoms with E-state index in [1.54, 1.807) is 0 Å². The maximum Gasteiger partial charge on any atom is 0.0700 e. The molecule has 0 aliphatic rings. The molecule has 0 aliphatic carbocycles. The van der Waals surface area contributed by atoms with Crippen LogP contribution in [-0.2, 0) is 9.47 Å². The van der Waals surface area contributed by atoms with Crippen molar-refractivity contribution in [3.05, 3.63) is 0 Å². The van der Waals surface area contributed by atoms with Crippen molar-refractivity contribution in [3.8, 4) is 0 Å². The van der Waals surface area contributed by atoms with Gasteiger partial charge in [0.15, 0.2) is 0 Å². The van der Waals surface area contributed by atoms with Crippen molar-refractivity contribution in [2.45, 2.75) is 46.5 Å². The van der Waals surface area contributed by atoms with Crippen LogP contribution in [0.15, 0.2) is 0 Å². The smallest absolute Gasteiger partial charge is 0.0700 e. The molecule has 0 radical (unpaired) electrons. The molecule has 0 aromatic rings. The first-order valence-corrected chi connectivity index (χ1v) is 7.13. The summed E-state index contributed by atoms with van der Waals surface area (Å²) in [4.78, 5) is 0. The Kier molecular flexibility index (Phi) is 13.8. The van der Waals surface area contributed by atoms with Crippen LogP contribution in [-0.4, -0.2) is 39.5 Å². The Hall–Kier alpha value is -0.120. The van der Waals surface area contributed by atoms with Gasteiger partial charge in [0, 0.05) is 13.2 Å². The van der Waals surface area contributed by atoms with Gasteiger partial charge in [-0.3, -0.25) is 0 Å². The summed E-state index contributed by atoms with van der Waals surface area (Å²) in [7, 11) is 0. The van der Waals surface area contributed by atoms with Crippen molar-refractivity contribution in [2.75, 3.05) is 39.5 Å². The van der Waals surface area contributed by atoms with Crippen LogP contribution < -0.4 is 5.32 Å². The summed E-state index contributed by atoms with van der Waals surface area (Å²) in [6.45, 7) is 12.1. The van der Waals surface area contributed by atoms with E-state index < -0.39 is 0 Å². The SMILES string of the molecule is CCCOCCOCCCCCNCC(C)C. The van der Waals surface area contributed by atoms with Crippen molar-refractivity contribution >= 4 is 0 Å². The lowest BCUT2D eigenvalue weighted by Gasteiger charge is -2.07. The lowest BCUT2D eigenvalue weighted by atomic mass is 10.2. The fourth-order valence-electron chi connectivity index (χ4n) is 1.49. The van der Waals surface area contributed by atoms with Gasteiger partial charge in [0.2, 0.25) is 0 Å². The summed E-state index contributed by atoms with van der Waals surface area (Å²) in [5.74, 6) is 0.751. The van der Waals surface area contributed by atoms with Gasteiger partial charge < -0.3 is 14.8 Å². The topological polar surface area (TPSA) is 30.5 Å². The highest BCUT2D eigenvalue weighted by Gasteiger charge is 1.93. The lowest BCUT2D eigenvalue weighted by Crippen LogP contribution is -2.20. The van der Waals surface area contributed by atoms with Gasteiger partial charge in [-0.15, -0.1) is 0 Å². The zero-order chi connectivity index (χ0) is 12.8. The number of hydrogen-bond donors (Lipinski definition) is 1. The molecule has 0 saturated carbocycles. The molecule has 3 nitrogen and oxygen atoms in total. The molecule has 3 heteroatoms. The fourth-order valence-corrected chi connectivity index (χ4v) is 1.49. The van der Waals surface area contributed by atoms with Gasteiger partial charge in [-0.2, -0.15) is 0 Å². The summed E-state index contributed by atoms with van der Waals surface area (Å²) in [6, 6.07) is 0. The van der Waals surface area contributed by atoms with Crippen LogP contribution in [0.25, 0.3) is 0 Å². The van der Waals surface area contributed by atoms with E-state index in [4.69, 9.17) is 9.47 Å². The maximum atomic E-state index is 5.48.